The van der Waals surface area contributed by atoms with Gasteiger partial charge in [-0.25, -0.2) is 0 Å². The lowest BCUT2D eigenvalue weighted by atomic mass is 9.61. The molecule has 7 nitrogen and oxygen atoms in total. The Morgan fingerprint density at radius 3 is 2.05 bits per heavy atom. The molecule has 1 aliphatic rings. The lowest BCUT2D eigenvalue weighted by Gasteiger charge is -2.44. The van der Waals surface area contributed by atoms with Crippen LogP contribution in [0, 0.1) is 39.5 Å². The number of ketones is 1. The van der Waals surface area contributed by atoms with Gasteiger partial charge in [-0.1, -0.05) is 36.4 Å². The van der Waals surface area contributed by atoms with Gasteiger partial charge in [0.15, 0.2) is 0 Å². The second-order valence-corrected chi connectivity index (χ2v) is 11.1. The molecule has 0 aromatic heterocycles. The van der Waals surface area contributed by atoms with Crippen LogP contribution in [0.4, 0.5) is 11.4 Å². The SMILES string of the molecule is CCOc1cccc(C2C(C(=O)Nc3cc(C)ccc3C)C(=O)CC(C)(O)C2C(=O)Nc2cc(C)ccc2C)c1. The van der Waals surface area contributed by atoms with E-state index in [1.165, 1.54) is 6.92 Å². The number of Topliss-reactive ketones (excluding diaryl/α,β-unsaturated/α-hetero) is 1. The van der Waals surface area contributed by atoms with Gasteiger partial charge in [0.25, 0.3) is 0 Å². The first-order valence-electron chi connectivity index (χ1n) is 13.7. The Labute approximate surface area is 236 Å². The van der Waals surface area contributed by atoms with Crippen LogP contribution in [0.2, 0.25) is 0 Å². The molecule has 210 valence electrons. The fraction of sp³-hybridized carbons (Fsp3) is 0.364. The number of hydrogen-bond acceptors (Lipinski definition) is 5. The van der Waals surface area contributed by atoms with Gasteiger partial charge in [0.1, 0.15) is 17.5 Å². The highest BCUT2D eigenvalue weighted by Gasteiger charge is 2.56. The number of rotatable bonds is 7. The van der Waals surface area contributed by atoms with E-state index >= 15 is 0 Å². The number of ether oxygens (including phenoxy) is 1. The zero-order chi connectivity index (χ0) is 29.2. The Morgan fingerprint density at radius 1 is 0.900 bits per heavy atom. The summed E-state index contributed by atoms with van der Waals surface area (Å²) < 4.78 is 5.71. The summed E-state index contributed by atoms with van der Waals surface area (Å²) in [5.41, 5.74) is 3.76. The maximum absolute atomic E-state index is 14.0. The Balaban J connectivity index is 1.82. The topological polar surface area (TPSA) is 105 Å². The molecule has 2 amide bonds. The van der Waals surface area contributed by atoms with Gasteiger partial charge in [0.05, 0.1) is 18.1 Å². The Kier molecular flexibility index (Phi) is 8.45. The van der Waals surface area contributed by atoms with Crippen molar-refractivity contribution in [3.05, 3.63) is 88.5 Å². The van der Waals surface area contributed by atoms with E-state index in [9.17, 15) is 19.5 Å². The van der Waals surface area contributed by atoms with Gasteiger partial charge in [-0.05, 0) is 93.6 Å². The predicted octanol–water partition coefficient (Wildman–Crippen LogP) is 5.64. The van der Waals surface area contributed by atoms with Gasteiger partial charge in [-0.2, -0.15) is 0 Å². The van der Waals surface area contributed by atoms with E-state index in [2.05, 4.69) is 10.6 Å². The molecule has 0 saturated heterocycles. The highest BCUT2D eigenvalue weighted by atomic mass is 16.5. The van der Waals surface area contributed by atoms with Crippen molar-refractivity contribution in [2.75, 3.05) is 17.2 Å². The van der Waals surface area contributed by atoms with E-state index in [0.717, 1.165) is 22.3 Å². The second kappa shape index (κ2) is 11.6. The minimum absolute atomic E-state index is 0.329. The maximum atomic E-state index is 14.0. The van der Waals surface area contributed by atoms with Crippen LogP contribution in [0.5, 0.6) is 5.75 Å². The molecule has 3 N–H and O–H groups in total. The molecule has 1 saturated carbocycles. The number of amides is 2. The molecule has 7 heteroatoms. The molecule has 40 heavy (non-hydrogen) atoms. The van der Waals surface area contributed by atoms with Crippen molar-refractivity contribution >= 4 is 29.0 Å². The summed E-state index contributed by atoms with van der Waals surface area (Å²) in [5, 5.41) is 17.5. The summed E-state index contributed by atoms with van der Waals surface area (Å²) in [6.45, 7) is 11.4. The first-order chi connectivity index (χ1) is 18.9. The zero-order valence-electron chi connectivity index (χ0n) is 24.0. The number of aliphatic hydroxyl groups is 1. The highest BCUT2D eigenvalue weighted by molar-refractivity contribution is 6.10. The zero-order valence-corrected chi connectivity index (χ0v) is 24.0. The number of aryl methyl sites for hydroxylation is 4. The van der Waals surface area contributed by atoms with Gasteiger partial charge >= 0.3 is 0 Å². The van der Waals surface area contributed by atoms with E-state index in [-0.39, 0.29) is 6.42 Å². The molecule has 0 heterocycles. The van der Waals surface area contributed by atoms with Crippen molar-refractivity contribution in [3.63, 3.8) is 0 Å². The first kappa shape index (κ1) is 29.0. The molecule has 0 aliphatic heterocycles. The number of nitrogens with one attached hydrogen (secondary N) is 2. The Hall–Kier alpha value is -3.97. The van der Waals surface area contributed by atoms with Crippen molar-refractivity contribution in [3.8, 4) is 5.75 Å². The van der Waals surface area contributed by atoms with Crippen LogP contribution in [0.1, 0.15) is 54.0 Å². The molecular formula is C33H38N2O5. The molecule has 4 unspecified atom stereocenters. The van der Waals surface area contributed by atoms with Gasteiger partial charge in [-0.15, -0.1) is 0 Å². The summed E-state index contributed by atoms with van der Waals surface area (Å²) in [4.78, 5) is 41.6. The normalized spacial score (nSPS) is 22.5. The summed E-state index contributed by atoms with van der Waals surface area (Å²) in [5.74, 6) is -4.07. The minimum atomic E-state index is -1.69. The maximum Gasteiger partial charge on any atom is 0.235 e. The fourth-order valence-corrected chi connectivity index (χ4v) is 5.63. The van der Waals surface area contributed by atoms with Crippen molar-refractivity contribution < 1.29 is 24.2 Å². The number of benzene rings is 3. The van der Waals surface area contributed by atoms with E-state index in [4.69, 9.17) is 4.74 Å². The second-order valence-electron chi connectivity index (χ2n) is 11.1. The Morgan fingerprint density at radius 2 is 1.48 bits per heavy atom. The van der Waals surface area contributed by atoms with Crippen LogP contribution >= 0.6 is 0 Å². The van der Waals surface area contributed by atoms with E-state index in [1.54, 1.807) is 24.3 Å². The molecule has 4 atom stereocenters. The summed E-state index contributed by atoms with van der Waals surface area (Å²) >= 11 is 0. The smallest absolute Gasteiger partial charge is 0.235 e. The van der Waals surface area contributed by atoms with E-state index in [0.29, 0.717) is 29.3 Å². The molecular weight excluding hydrogens is 504 g/mol. The van der Waals surface area contributed by atoms with Crippen LogP contribution < -0.4 is 15.4 Å². The highest BCUT2D eigenvalue weighted by Crippen LogP contribution is 2.47. The standard InChI is InChI=1S/C33H38N2O5/c1-7-40-24-10-8-9-23(17-24)28-29(31(37)34-25-15-19(2)11-13-21(25)4)27(36)18-33(6,39)30(28)32(38)35-26-16-20(3)12-14-22(26)5/h8-17,28-30,39H,7,18H2,1-6H3,(H,34,37)(H,35,38). The first-order valence-corrected chi connectivity index (χ1v) is 13.7. The third-order valence-corrected chi connectivity index (χ3v) is 7.69. The molecule has 4 rings (SSSR count). The van der Waals surface area contributed by atoms with E-state index in [1.807, 2.05) is 71.0 Å². The average molecular weight is 543 g/mol. The monoisotopic (exact) mass is 542 g/mol. The molecule has 3 aromatic carbocycles. The van der Waals surface area contributed by atoms with Crippen LogP contribution in [-0.4, -0.2) is 34.9 Å². The molecule has 1 fully saturated rings. The van der Waals surface area contributed by atoms with Crippen LogP contribution in [0.25, 0.3) is 0 Å². The molecule has 0 radical (unpaired) electrons. The van der Waals surface area contributed by atoms with Gasteiger partial charge in [-0.3, -0.25) is 14.4 Å². The van der Waals surface area contributed by atoms with Gasteiger partial charge in [0.2, 0.25) is 11.8 Å². The minimum Gasteiger partial charge on any atom is -0.494 e. The average Bonchev–Trinajstić information content (AvgIpc) is 2.87. The summed E-state index contributed by atoms with van der Waals surface area (Å²) in [6, 6.07) is 18.5. The summed E-state index contributed by atoms with van der Waals surface area (Å²) in [7, 11) is 0. The lowest BCUT2D eigenvalue weighted by molar-refractivity contribution is -0.150. The van der Waals surface area contributed by atoms with Crippen molar-refractivity contribution in [2.24, 2.45) is 11.8 Å². The number of anilines is 2. The van der Waals surface area contributed by atoms with E-state index < -0.39 is 41.0 Å². The van der Waals surface area contributed by atoms with Crippen LogP contribution in [0.3, 0.4) is 0 Å². The van der Waals surface area contributed by atoms with Crippen molar-refractivity contribution in [2.45, 2.75) is 59.5 Å². The molecule has 0 spiro atoms. The van der Waals surface area contributed by atoms with Gasteiger partial charge in [0, 0.05) is 23.7 Å². The quantitative estimate of drug-likeness (QED) is 0.336. The van der Waals surface area contributed by atoms with Crippen molar-refractivity contribution in [1.29, 1.82) is 0 Å². The third-order valence-electron chi connectivity index (χ3n) is 7.69. The van der Waals surface area contributed by atoms with Gasteiger partial charge < -0.3 is 20.5 Å². The lowest BCUT2D eigenvalue weighted by Crippen LogP contribution is -2.56. The third kappa shape index (κ3) is 6.10. The number of carbonyl (C=O) groups is 3. The largest absolute Gasteiger partial charge is 0.494 e. The fourth-order valence-electron chi connectivity index (χ4n) is 5.63. The predicted molar refractivity (Wildman–Crippen MR) is 157 cm³/mol. The van der Waals surface area contributed by atoms with Crippen molar-refractivity contribution in [1.82, 2.24) is 0 Å². The number of hydrogen-bond donors (Lipinski definition) is 3. The number of carbonyl (C=O) groups excluding carboxylic acids is 3. The molecule has 1 aliphatic carbocycles. The molecule has 3 aromatic rings. The Bertz CT molecular complexity index is 1440. The summed E-state index contributed by atoms with van der Waals surface area (Å²) in [6.07, 6.45) is -0.329. The van der Waals surface area contributed by atoms with Crippen LogP contribution in [-0.2, 0) is 14.4 Å². The molecule has 0 bridgehead atoms. The van der Waals surface area contributed by atoms with Crippen LogP contribution in [0.15, 0.2) is 60.7 Å².